The number of amides is 1. The fourth-order valence-electron chi connectivity index (χ4n) is 1.70. The molecule has 0 aliphatic heterocycles. The van der Waals surface area contributed by atoms with Gasteiger partial charge in [0.1, 0.15) is 0 Å². The standard InChI is InChI=1S/C11H16N4O2S/c1-17-5-4-15-7-8(6-13-15)14-10(16)11(2-3-11)9(12)18/h6-7H,2-5H2,1H3,(H2,12,18)(H,14,16). The third-order valence-electron chi connectivity index (χ3n) is 3.07. The lowest BCUT2D eigenvalue weighted by Crippen LogP contribution is -2.34. The summed E-state index contributed by atoms with van der Waals surface area (Å²) in [5.74, 6) is -0.138. The molecule has 1 aliphatic rings. The third kappa shape index (κ3) is 2.51. The van der Waals surface area contributed by atoms with Crippen LogP contribution < -0.4 is 11.1 Å². The van der Waals surface area contributed by atoms with Crippen LogP contribution in [0.4, 0.5) is 5.69 Å². The fourth-order valence-corrected chi connectivity index (χ4v) is 1.99. The predicted molar refractivity (Wildman–Crippen MR) is 71.2 cm³/mol. The van der Waals surface area contributed by atoms with Gasteiger partial charge in [0.15, 0.2) is 0 Å². The fraction of sp³-hybridized carbons (Fsp3) is 0.545. The first kappa shape index (κ1) is 13.0. The Hall–Kier alpha value is -1.47. The van der Waals surface area contributed by atoms with Gasteiger partial charge in [-0.05, 0) is 12.8 Å². The van der Waals surface area contributed by atoms with Crippen LogP contribution in [0.15, 0.2) is 12.4 Å². The summed E-state index contributed by atoms with van der Waals surface area (Å²) in [6.45, 7) is 1.22. The molecule has 98 valence electrons. The number of carbonyl (C=O) groups is 1. The van der Waals surface area contributed by atoms with E-state index in [2.05, 4.69) is 10.4 Å². The summed E-state index contributed by atoms with van der Waals surface area (Å²) in [6, 6.07) is 0. The highest BCUT2D eigenvalue weighted by Crippen LogP contribution is 2.46. The largest absolute Gasteiger partial charge is 0.392 e. The van der Waals surface area contributed by atoms with Crippen molar-refractivity contribution in [2.24, 2.45) is 11.1 Å². The molecule has 1 amide bonds. The second-order valence-electron chi connectivity index (χ2n) is 4.39. The number of nitrogens with two attached hydrogens (primary N) is 1. The van der Waals surface area contributed by atoms with Gasteiger partial charge >= 0.3 is 0 Å². The molecule has 1 fully saturated rings. The summed E-state index contributed by atoms with van der Waals surface area (Å²) < 4.78 is 6.66. The van der Waals surface area contributed by atoms with Gasteiger partial charge in [-0.2, -0.15) is 5.10 Å². The van der Waals surface area contributed by atoms with Gasteiger partial charge in [-0.1, -0.05) is 12.2 Å². The average molecular weight is 268 g/mol. The molecule has 18 heavy (non-hydrogen) atoms. The molecule has 1 aromatic heterocycles. The van der Waals surface area contributed by atoms with Gasteiger partial charge in [0.05, 0.1) is 35.4 Å². The minimum atomic E-state index is -0.635. The van der Waals surface area contributed by atoms with Crippen LogP contribution in [-0.2, 0) is 16.1 Å². The SMILES string of the molecule is COCCn1cc(NC(=O)C2(C(N)=S)CC2)cn1. The van der Waals surface area contributed by atoms with Gasteiger partial charge in [-0.15, -0.1) is 0 Å². The highest BCUT2D eigenvalue weighted by atomic mass is 32.1. The van der Waals surface area contributed by atoms with E-state index in [0.29, 0.717) is 18.8 Å². The van der Waals surface area contributed by atoms with Gasteiger partial charge in [0.2, 0.25) is 5.91 Å². The first-order chi connectivity index (χ1) is 8.58. The monoisotopic (exact) mass is 268 g/mol. The Morgan fingerprint density at radius 1 is 1.72 bits per heavy atom. The van der Waals surface area contributed by atoms with E-state index in [4.69, 9.17) is 22.7 Å². The van der Waals surface area contributed by atoms with Crippen LogP contribution in [0.25, 0.3) is 0 Å². The molecular weight excluding hydrogens is 252 g/mol. The molecule has 0 saturated heterocycles. The smallest absolute Gasteiger partial charge is 0.237 e. The Labute approximate surface area is 110 Å². The zero-order valence-corrected chi connectivity index (χ0v) is 11.0. The lowest BCUT2D eigenvalue weighted by atomic mass is 10.1. The van der Waals surface area contributed by atoms with Crippen molar-refractivity contribution in [1.82, 2.24) is 9.78 Å². The Kier molecular flexibility index (Phi) is 3.63. The van der Waals surface area contributed by atoms with Gasteiger partial charge in [-0.3, -0.25) is 9.48 Å². The maximum absolute atomic E-state index is 12.0. The van der Waals surface area contributed by atoms with E-state index < -0.39 is 5.41 Å². The second-order valence-corrected chi connectivity index (χ2v) is 4.83. The lowest BCUT2D eigenvalue weighted by molar-refractivity contribution is -0.118. The van der Waals surface area contributed by atoms with Crippen LogP contribution in [0.1, 0.15) is 12.8 Å². The topological polar surface area (TPSA) is 82.2 Å². The van der Waals surface area contributed by atoms with Crippen molar-refractivity contribution in [1.29, 1.82) is 0 Å². The van der Waals surface area contributed by atoms with Crippen LogP contribution in [0.3, 0.4) is 0 Å². The molecule has 1 saturated carbocycles. The summed E-state index contributed by atoms with van der Waals surface area (Å²) in [5.41, 5.74) is 5.61. The van der Waals surface area contributed by atoms with E-state index >= 15 is 0 Å². The number of aromatic nitrogens is 2. The Balaban J connectivity index is 1.95. The van der Waals surface area contributed by atoms with Crippen molar-refractivity contribution in [2.75, 3.05) is 19.0 Å². The molecule has 1 heterocycles. The van der Waals surface area contributed by atoms with Gasteiger partial charge in [0.25, 0.3) is 0 Å². The summed E-state index contributed by atoms with van der Waals surface area (Å²) >= 11 is 4.93. The summed E-state index contributed by atoms with van der Waals surface area (Å²) in [5, 5.41) is 6.90. The summed E-state index contributed by atoms with van der Waals surface area (Å²) in [6.07, 6.45) is 4.81. The number of anilines is 1. The third-order valence-corrected chi connectivity index (χ3v) is 3.46. The molecule has 1 aromatic rings. The number of carbonyl (C=O) groups excluding carboxylic acids is 1. The molecule has 1 aliphatic carbocycles. The molecule has 0 aromatic carbocycles. The number of nitrogens with one attached hydrogen (secondary N) is 1. The molecule has 0 spiro atoms. The zero-order valence-electron chi connectivity index (χ0n) is 10.2. The lowest BCUT2D eigenvalue weighted by Gasteiger charge is -2.12. The highest BCUT2D eigenvalue weighted by Gasteiger charge is 2.52. The molecular formula is C11H16N4O2S. The molecule has 0 unspecified atom stereocenters. The predicted octanol–water partition coefficient (Wildman–Crippen LogP) is 0.534. The first-order valence-electron chi connectivity index (χ1n) is 5.71. The van der Waals surface area contributed by atoms with E-state index in [1.807, 2.05) is 0 Å². The van der Waals surface area contributed by atoms with E-state index in [-0.39, 0.29) is 10.9 Å². The van der Waals surface area contributed by atoms with Crippen LogP contribution in [0.5, 0.6) is 0 Å². The van der Waals surface area contributed by atoms with Crippen molar-refractivity contribution < 1.29 is 9.53 Å². The minimum Gasteiger partial charge on any atom is -0.392 e. The number of hydrogen-bond donors (Lipinski definition) is 2. The number of ether oxygens (including phenoxy) is 1. The van der Waals surface area contributed by atoms with Crippen molar-refractivity contribution in [3.05, 3.63) is 12.4 Å². The Morgan fingerprint density at radius 3 is 3.00 bits per heavy atom. The van der Waals surface area contributed by atoms with Crippen LogP contribution in [0, 0.1) is 5.41 Å². The quantitative estimate of drug-likeness (QED) is 0.736. The number of thiocarbonyl (C=S) groups is 1. The van der Waals surface area contributed by atoms with Crippen LogP contribution in [-0.4, -0.2) is 34.4 Å². The van der Waals surface area contributed by atoms with Crippen LogP contribution in [0.2, 0.25) is 0 Å². The normalized spacial score (nSPS) is 16.3. The van der Waals surface area contributed by atoms with E-state index in [1.54, 1.807) is 24.2 Å². The average Bonchev–Trinajstić information content (AvgIpc) is 3.04. The Morgan fingerprint density at radius 2 is 2.44 bits per heavy atom. The molecule has 0 bridgehead atoms. The Bertz CT molecular complexity index is 467. The summed E-state index contributed by atoms with van der Waals surface area (Å²) in [4.78, 5) is 12.3. The molecule has 3 N–H and O–H groups in total. The van der Waals surface area contributed by atoms with Crippen molar-refractivity contribution >= 4 is 28.8 Å². The first-order valence-corrected chi connectivity index (χ1v) is 6.12. The minimum absolute atomic E-state index is 0.138. The molecule has 6 nitrogen and oxygen atoms in total. The second kappa shape index (κ2) is 5.03. The zero-order chi connectivity index (χ0) is 13.2. The van der Waals surface area contributed by atoms with Crippen molar-refractivity contribution in [2.45, 2.75) is 19.4 Å². The molecule has 0 atom stereocenters. The number of rotatable bonds is 6. The molecule has 7 heteroatoms. The number of hydrogen-bond acceptors (Lipinski definition) is 4. The summed E-state index contributed by atoms with van der Waals surface area (Å²) in [7, 11) is 1.63. The highest BCUT2D eigenvalue weighted by molar-refractivity contribution is 7.80. The van der Waals surface area contributed by atoms with E-state index in [0.717, 1.165) is 12.8 Å². The van der Waals surface area contributed by atoms with Gasteiger partial charge < -0.3 is 15.8 Å². The number of nitrogens with zero attached hydrogens (tertiary/aromatic N) is 2. The van der Waals surface area contributed by atoms with E-state index in [9.17, 15) is 4.79 Å². The molecule has 2 rings (SSSR count). The maximum Gasteiger partial charge on any atom is 0.237 e. The maximum atomic E-state index is 12.0. The van der Waals surface area contributed by atoms with Crippen molar-refractivity contribution in [3.63, 3.8) is 0 Å². The van der Waals surface area contributed by atoms with Gasteiger partial charge in [0, 0.05) is 13.3 Å². The number of methoxy groups -OCH3 is 1. The van der Waals surface area contributed by atoms with E-state index in [1.165, 1.54) is 0 Å². The van der Waals surface area contributed by atoms with Crippen LogP contribution >= 0.6 is 12.2 Å². The molecule has 0 radical (unpaired) electrons. The van der Waals surface area contributed by atoms with Crippen molar-refractivity contribution in [3.8, 4) is 0 Å². The van der Waals surface area contributed by atoms with Gasteiger partial charge in [-0.25, -0.2) is 0 Å².